The third kappa shape index (κ3) is 3.21. The van der Waals surface area contributed by atoms with Crippen LogP contribution >= 0.6 is 0 Å². The molecule has 0 aromatic heterocycles. The number of hydrogen-bond donors (Lipinski definition) is 1. The normalized spacial score (nSPS) is 16.2. The van der Waals surface area contributed by atoms with Gasteiger partial charge in [-0.1, -0.05) is 12.1 Å². The fourth-order valence-corrected chi connectivity index (χ4v) is 2.43. The van der Waals surface area contributed by atoms with E-state index in [1.807, 2.05) is 12.1 Å². The molecule has 5 nitrogen and oxygen atoms in total. The summed E-state index contributed by atoms with van der Waals surface area (Å²) in [6.07, 6.45) is 3.37. The Morgan fingerprint density at radius 2 is 2.00 bits per heavy atom. The molecule has 0 aliphatic heterocycles. The molecule has 1 fully saturated rings. The minimum atomic E-state index is -0.707. The number of nitrogens with zero attached hydrogens (tertiary/aromatic N) is 1. The molecule has 1 saturated carbocycles. The molecule has 5 heteroatoms. The second-order valence-corrected chi connectivity index (χ2v) is 4.89. The Morgan fingerprint density at radius 3 is 2.60 bits per heavy atom. The summed E-state index contributed by atoms with van der Waals surface area (Å²) in [5, 5.41) is 12.0. The minimum Gasteiger partial charge on any atom is -0.493 e. The third-order valence-corrected chi connectivity index (χ3v) is 3.48. The van der Waals surface area contributed by atoms with E-state index in [0.29, 0.717) is 24.3 Å². The van der Waals surface area contributed by atoms with Gasteiger partial charge in [0, 0.05) is 0 Å². The van der Waals surface area contributed by atoms with Gasteiger partial charge in [0.25, 0.3) is 5.91 Å². The Hall–Kier alpha value is -2.22. The van der Waals surface area contributed by atoms with Gasteiger partial charge in [-0.3, -0.25) is 4.79 Å². The first-order valence-electron chi connectivity index (χ1n) is 6.67. The maximum atomic E-state index is 11.9. The minimum absolute atomic E-state index is 0.121. The molecule has 0 heterocycles. The number of methoxy groups -OCH3 is 1. The van der Waals surface area contributed by atoms with E-state index in [1.54, 1.807) is 19.2 Å². The standard InChI is InChI=1S/C15H18N2O3/c1-19-12-6-2-3-7-13(12)20-10-14(18)17-15(11-16)8-4-5-9-15/h2-3,6-7H,4-5,8-10H2,1H3,(H,17,18). The third-order valence-electron chi connectivity index (χ3n) is 3.48. The molecule has 106 valence electrons. The number of carbonyl (C=O) groups excluding carboxylic acids is 1. The summed E-state index contributed by atoms with van der Waals surface area (Å²) in [5.41, 5.74) is -0.707. The van der Waals surface area contributed by atoms with E-state index in [9.17, 15) is 10.1 Å². The largest absolute Gasteiger partial charge is 0.493 e. The van der Waals surface area contributed by atoms with Crippen molar-refractivity contribution < 1.29 is 14.3 Å². The highest BCUT2D eigenvalue weighted by atomic mass is 16.5. The van der Waals surface area contributed by atoms with Crippen LogP contribution in [0.3, 0.4) is 0 Å². The molecule has 0 unspecified atom stereocenters. The van der Waals surface area contributed by atoms with Crippen LogP contribution in [0, 0.1) is 11.3 Å². The van der Waals surface area contributed by atoms with Gasteiger partial charge in [0.2, 0.25) is 0 Å². The summed E-state index contributed by atoms with van der Waals surface area (Å²) in [5.74, 6) is 0.818. The van der Waals surface area contributed by atoms with Crippen LogP contribution in [0.2, 0.25) is 0 Å². The lowest BCUT2D eigenvalue weighted by atomic mass is 10.00. The number of rotatable bonds is 5. The fraction of sp³-hybridized carbons (Fsp3) is 0.467. The highest BCUT2D eigenvalue weighted by Gasteiger charge is 2.35. The van der Waals surface area contributed by atoms with Crippen LogP contribution in [0.15, 0.2) is 24.3 Å². The van der Waals surface area contributed by atoms with Crippen molar-refractivity contribution in [2.45, 2.75) is 31.2 Å². The second kappa shape index (κ2) is 6.29. The van der Waals surface area contributed by atoms with E-state index >= 15 is 0 Å². The summed E-state index contributed by atoms with van der Waals surface area (Å²) in [6.45, 7) is -0.121. The van der Waals surface area contributed by atoms with Crippen LogP contribution in [0.25, 0.3) is 0 Å². The van der Waals surface area contributed by atoms with Gasteiger partial charge in [-0.2, -0.15) is 5.26 Å². The van der Waals surface area contributed by atoms with Crippen LogP contribution in [0.5, 0.6) is 11.5 Å². The first kappa shape index (κ1) is 14.2. The van der Waals surface area contributed by atoms with Crippen molar-refractivity contribution in [2.75, 3.05) is 13.7 Å². The Kier molecular flexibility index (Phi) is 4.46. The maximum Gasteiger partial charge on any atom is 0.259 e. The van der Waals surface area contributed by atoms with Gasteiger partial charge in [0.1, 0.15) is 5.54 Å². The molecule has 1 aliphatic carbocycles. The van der Waals surface area contributed by atoms with E-state index in [-0.39, 0.29) is 12.5 Å². The number of para-hydroxylation sites is 2. The van der Waals surface area contributed by atoms with Gasteiger partial charge >= 0.3 is 0 Å². The van der Waals surface area contributed by atoms with Gasteiger partial charge < -0.3 is 14.8 Å². The summed E-state index contributed by atoms with van der Waals surface area (Å²) in [4.78, 5) is 11.9. The Morgan fingerprint density at radius 1 is 1.35 bits per heavy atom. The number of nitrogens with one attached hydrogen (secondary N) is 1. The number of ether oxygens (including phenoxy) is 2. The number of benzene rings is 1. The zero-order chi connectivity index (χ0) is 14.4. The molecular weight excluding hydrogens is 256 g/mol. The quantitative estimate of drug-likeness (QED) is 0.891. The van der Waals surface area contributed by atoms with Gasteiger partial charge in [-0.25, -0.2) is 0 Å². The van der Waals surface area contributed by atoms with Crippen LogP contribution in [0.4, 0.5) is 0 Å². The average molecular weight is 274 g/mol. The van der Waals surface area contributed by atoms with Gasteiger partial charge in [-0.15, -0.1) is 0 Å². The van der Waals surface area contributed by atoms with Crippen LogP contribution < -0.4 is 14.8 Å². The summed E-state index contributed by atoms with van der Waals surface area (Å²) in [6, 6.07) is 9.36. The van der Waals surface area contributed by atoms with Crippen molar-refractivity contribution in [1.82, 2.24) is 5.32 Å². The number of carbonyl (C=O) groups is 1. The topological polar surface area (TPSA) is 71.3 Å². The van der Waals surface area contributed by atoms with Crippen molar-refractivity contribution in [1.29, 1.82) is 5.26 Å². The SMILES string of the molecule is COc1ccccc1OCC(=O)NC1(C#N)CCCC1. The Labute approximate surface area is 118 Å². The van der Waals surface area contributed by atoms with Crippen molar-refractivity contribution in [2.24, 2.45) is 0 Å². The lowest BCUT2D eigenvalue weighted by Gasteiger charge is -2.22. The molecule has 0 atom stereocenters. The molecule has 1 amide bonds. The molecule has 0 spiro atoms. The van der Waals surface area contributed by atoms with Crippen LogP contribution in [-0.2, 0) is 4.79 Å². The van der Waals surface area contributed by atoms with Crippen molar-refractivity contribution >= 4 is 5.91 Å². The summed E-state index contributed by atoms with van der Waals surface area (Å²) >= 11 is 0. The number of nitriles is 1. The lowest BCUT2D eigenvalue weighted by Crippen LogP contribution is -2.47. The van der Waals surface area contributed by atoms with Crippen LogP contribution in [0.1, 0.15) is 25.7 Å². The molecule has 0 radical (unpaired) electrons. The molecule has 20 heavy (non-hydrogen) atoms. The lowest BCUT2D eigenvalue weighted by molar-refractivity contribution is -0.124. The van der Waals surface area contributed by atoms with E-state index in [2.05, 4.69) is 11.4 Å². The average Bonchev–Trinajstić information content (AvgIpc) is 2.94. The Balaban J connectivity index is 1.91. The molecule has 0 bridgehead atoms. The first-order chi connectivity index (χ1) is 9.69. The molecule has 1 N–H and O–H groups in total. The Bertz CT molecular complexity index is 516. The molecule has 1 aliphatic rings. The molecule has 2 rings (SSSR count). The first-order valence-corrected chi connectivity index (χ1v) is 6.67. The molecular formula is C15H18N2O3. The summed E-state index contributed by atoms with van der Waals surface area (Å²) in [7, 11) is 1.55. The van der Waals surface area contributed by atoms with Crippen molar-refractivity contribution in [3.8, 4) is 17.6 Å². The zero-order valence-corrected chi connectivity index (χ0v) is 11.5. The molecule has 0 saturated heterocycles. The van der Waals surface area contributed by atoms with Gasteiger partial charge in [-0.05, 0) is 37.8 Å². The second-order valence-electron chi connectivity index (χ2n) is 4.89. The zero-order valence-electron chi connectivity index (χ0n) is 11.5. The van der Waals surface area contributed by atoms with Crippen molar-refractivity contribution in [3.05, 3.63) is 24.3 Å². The fourth-order valence-electron chi connectivity index (χ4n) is 2.43. The highest BCUT2D eigenvalue weighted by molar-refractivity contribution is 5.79. The van der Waals surface area contributed by atoms with E-state index in [1.165, 1.54) is 0 Å². The van der Waals surface area contributed by atoms with Gasteiger partial charge in [0.15, 0.2) is 18.1 Å². The number of hydrogen-bond acceptors (Lipinski definition) is 4. The summed E-state index contributed by atoms with van der Waals surface area (Å²) < 4.78 is 10.6. The molecule has 1 aromatic rings. The maximum absolute atomic E-state index is 11.9. The van der Waals surface area contributed by atoms with E-state index in [4.69, 9.17) is 9.47 Å². The predicted molar refractivity (Wildman–Crippen MR) is 73.4 cm³/mol. The van der Waals surface area contributed by atoms with Crippen molar-refractivity contribution in [3.63, 3.8) is 0 Å². The predicted octanol–water partition coefficient (Wildman–Crippen LogP) is 2.03. The smallest absolute Gasteiger partial charge is 0.259 e. The van der Waals surface area contributed by atoms with Crippen LogP contribution in [-0.4, -0.2) is 25.2 Å². The monoisotopic (exact) mass is 274 g/mol. The number of amides is 1. The highest BCUT2D eigenvalue weighted by Crippen LogP contribution is 2.29. The van der Waals surface area contributed by atoms with E-state index < -0.39 is 5.54 Å². The van der Waals surface area contributed by atoms with E-state index in [0.717, 1.165) is 12.8 Å². The van der Waals surface area contributed by atoms with Gasteiger partial charge in [0.05, 0.1) is 13.2 Å². The molecule has 1 aromatic carbocycles.